The van der Waals surface area contributed by atoms with Crippen molar-refractivity contribution in [2.75, 3.05) is 26.1 Å². The Hall–Kier alpha value is -2.76. The third-order valence-corrected chi connectivity index (χ3v) is 4.42. The fourth-order valence-electron chi connectivity index (χ4n) is 3.12. The normalized spacial score (nSPS) is 16.6. The number of benzene rings is 2. The highest BCUT2D eigenvalue weighted by Crippen LogP contribution is 2.33. The number of urea groups is 1. The summed E-state index contributed by atoms with van der Waals surface area (Å²) < 4.78 is 23.9. The maximum Gasteiger partial charge on any atom is 0.322 e. The van der Waals surface area contributed by atoms with Crippen molar-refractivity contribution in [2.45, 2.75) is 18.9 Å². The molecule has 0 bridgehead atoms. The molecule has 0 radical (unpaired) electrons. The first-order chi connectivity index (χ1) is 12.1. The molecule has 2 aromatic rings. The number of hydrogen-bond donors (Lipinski definition) is 1. The Morgan fingerprint density at radius 3 is 2.56 bits per heavy atom. The molecule has 1 aliphatic rings. The lowest BCUT2D eigenvalue weighted by Gasteiger charge is -2.25. The highest BCUT2D eigenvalue weighted by atomic mass is 19.1. The van der Waals surface area contributed by atoms with E-state index in [4.69, 9.17) is 9.47 Å². The molecule has 2 aromatic carbocycles. The van der Waals surface area contributed by atoms with E-state index in [1.807, 2.05) is 24.3 Å². The molecular weight excluding hydrogens is 323 g/mol. The largest absolute Gasteiger partial charge is 0.497 e. The SMILES string of the molecule is COc1ccc(C2CCCN2C(=O)Nc2ccc(OC)c(F)c2)cc1. The number of nitrogens with one attached hydrogen (secondary N) is 1. The van der Waals surface area contributed by atoms with E-state index < -0.39 is 5.82 Å². The standard InChI is InChI=1S/C19H21FN2O3/c1-24-15-8-5-13(6-9-15)17-4-3-11-22(17)19(23)21-14-7-10-18(25-2)16(20)12-14/h5-10,12,17H,3-4,11H2,1-2H3,(H,21,23). The van der Waals surface area contributed by atoms with Crippen LogP contribution in [0.1, 0.15) is 24.4 Å². The summed E-state index contributed by atoms with van der Waals surface area (Å²) in [5.74, 6) is 0.426. The summed E-state index contributed by atoms with van der Waals surface area (Å²) in [7, 11) is 3.03. The van der Waals surface area contributed by atoms with Crippen LogP contribution in [0.2, 0.25) is 0 Å². The number of likely N-dealkylation sites (tertiary alicyclic amines) is 1. The van der Waals surface area contributed by atoms with Gasteiger partial charge in [-0.25, -0.2) is 9.18 Å². The molecular formula is C19H21FN2O3. The Bertz CT molecular complexity index is 749. The molecule has 0 aliphatic carbocycles. The third kappa shape index (κ3) is 3.68. The summed E-state index contributed by atoms with van der Waals surface area (Å²) in [5.41, 5.74) is 1.47. The minimum absolute atomic E-state index is 0.00833. The zero-order valence-electron chi connectivity index (χ0n) is 14.3. The predicted molar refractivity (Wildman–Crippen MR) is 93.6 cm³/mol. The van der Waals surface area contributed by atoms with Crippen molar-refractivity contribution in [2.24, 2.45) is 0 Å². The second-order valence-electron chi connectivity index (χ2n) is 5.90. The van der Waals surface area contributed by atoms with Gasteiger partial charge in [0.2, 0.25) is 0 Å². The van der Waals surface area contributed by atoms with Crippen LogP contribution in [0.3, 0.4) is 0 Å². The maximum atomic E-state index is 13.8. The van der Waals surface area contributed by atoms with Gasteiger partial charge in [-0.15, -0.1) is 0 Å². The second-order valence-corrected chi connectivity index (χ2v) is 5.90. The summed E-state index contributed by atoms with van der Waals surface area (Å²) >= 11 is 0. The van der Waals surface area contributed by atoms with E-state index in [0.29, 0.717) is 12.2 Å². The van der Waals surface area contributed by atoms with E-state index in [-0.39, 0.29) is 17.8 Å². The smallest absolute Gasteiger partial charge is 0.322 e. The van der Waals surface area contributed by atoms with Gasteiger partial charge in [0.1, 0.15) is 5.75 Å². The van der Waals surface area contributed by atoms with Gasteiger partial charge >= 0.3 is 6.03 Å². The van der Waals surface area contributed by atoms with Gasteiger partial charge in [-0.2, -0.15) is 0 Å². The number of halogens is 1. The number of carbonyl (C=O) groups is 1. The maximum absolute atomic E-state index is 13.8. The average Bonchev–Trinajstić information content (AvgIpc) is 3.12. The van der Waals surface area contributed by atoms with Crippen LogP contribution in [-0.2, 0) is 0 Å². The quantitative estimate of drug-likeness (QED) is 0.904. The number of nitrogens with zero attached hydrogens (tertiary/aromatic N) is 1. The van der Waals surface area contributed by atoms with E-state index in [1.165, 1.54) is 19.2 Å². The van der Waals surface area contributed by atoms with Crippen LogP contribution in [0.15, 0.2) is 42.5 Å². The van der Waals surface area contributed by atoms with Gasteiger partial charge in [-0.05, 0) is 42.7 Å². The molecule has 1 heterocycles. The van der Waals surface area contributed by atoms with Crippen molar-refractivity contribution >= 4 is 11.7 Å². The summed E-state index contributed by atoms with van der Waals surface area (Å²) in [6.07, 6.45) is 1.83. The van der Waals surface area contributed by atoms with Crippen molar-refractivity contribution in [1.29, 1.82) is 0 Å². The van der Waals surface area contributed by atoms with E-state index in [2.05, 4.69) is 5.32 Å². The Kier molecular flexibility index (Phi) is 5.07. The molecule has 1 atom stereocenters. The first kappa shape index (κ1) is 17.1. The van der Waals surface area contributed by atoms with Crippen LogP contribution in [0.5, 0.6) is 11.5 Å². The monoisotopic (exact) mass is 344 g/mol. The molecule has 5 nitrogen and oxygen atoms in total. The predicted octanol–water partition coefficient (Wildman–Crippen LogP) is 4.21. The Morgan fingerprint density at radius 1 is 1.16 bits per heavy atom. The fraction of sp³-hybridized carbons (Fsp3) is 0.316. The molecule has 0 spiro atoms. The fourth-order valence-corrected chi connectivity index (χ4v) is 3.12. The molecule has 3 rings (SSSR count). The zero-order chi connectivity index (χ0) is 17.8. The van der Waals surface area contributed by atoms with Gasteiger partial charge in [0.25, 0.3) is 0 Å². The lowest BCUT2D eigenvalue weighted by molar-refractivity contribution is 0.207. The lowest BCUT2D eigenvalue weighted by Crippen LogP contribution is -2.34. The van der Waals surface area contributed by atoms with Gasteiger partial charge < -0.3 is 19.7 Å². The van der Waals surface area contributed by atoms with E-state index in [9.17, 15) is 9.18 Å². The number of anilines is 1. The summed E-state index contributed by atoms with van der Waals surface area (Å²) in [5, 5.41) is 2.77. The van der Waals surface area contributed by atoms with E-state index >= 15 is 0 Å². The van der Waals surface area contributed by atoms with E-state index in [1.54, 1.807) is 18.1 Å². The Balaban J connectivity index is 1.72. The molecule has 132 valence electrons. The molecule has 6 heteroatoms. The third-order valence-electron chi connectivity index (χ3n) is 4.42. The molecule has 1 fully saturated rings. The van der Waals surface area contributed by atoms with Crippen LogP contribution >= 0.6 is 0 Å². The van der Waals surface area contributed by atoms with Crippen LogP contribution in [0.25, 0.3) is 0 Å². The van der Waals surface area contributed by atoms with Gasteiger partial charge in [0.05, 0.1) is 20.3 Å². The summed E-state index contributed by atoms with van der Waals surface area (Å²) in [6, 6.07) is 11.9. The highest BCUT2D eigenvalue weighted by molar-refractivity contribution is 5.89. The van der Waals surface area contributed by atoms with Crippen LogP contribution < -0.4 is 14.8 Å². The van der Waals surface area contributed by atoms with Crippen molar-refractivity contribution in [1.82, 2.24) is 4.90 Å². The van der Waals surface area contributed by atoms with Gasteiger partial charge in [0, 0.05) is 18.3 Å². The lowest BCUT2D eigenvalue weighted by atomic mass is 10.0. The molecule has 0 saturated carbocycles. The van der Waals surface area contributed by atoms with Crippen LogP contribution in [-0.4, -0.2) is 31.7 Å². The minimum Gasteiger partial charge on any atom is -0.497 e. The number of hydrogen-bond acceptors (Lipinski definition) is 3. The Morgan fingerprint density at radius 2 is 1.92 bits per heavy atom. The molecule has 1 aliphatic heterocycles. The minimum atomic E-state index is -0.506. The number of methoxy groups -OCH3 is 2. The van der Waals surface area contributed by atoms with Crippen molar-refractivity contribution in [3.05, 3.63) is 53.8 Å². The number of carbonyl (C=O) groups excluding carboxylic acids is 1. The molecule has 0 aromatic heterocycles. The molecule has 1 unspecified atom stereocenters. The first-order valence-electron chi connectivity index (χ1n) is 8.17. The van der Waals surface area contributed by atoms with E-state index in [0.717, 1.165) is 24.2 Å². The second kappa shape index (κ2) is 7.42. The zero-order valence-corrected chi connectivity index (χ0v) is 14.3. The topological polar surface area (TPSA) is 50.8 Å². The van der Waals surface area contributed by atoms with Crippen molar-refractivity contribution in [3.8, 4) is 11.5 Å². The Labute approximate surface area is 146 Å². The highest BCUT2D eigenvalue weighted by Gasteiger charge is 2.30. The summed E-state index contributed by atoms with van der Waals surface area (Å²) in [4.78, 5) is 14.4. The average molecular weight is 344 g/mol. The number of rotatable bonds is 4. The van der Waals surface area contributed by atoms with Gasteiger partial charge in [0.15, 0.2) is 11.6 Å². The van der Waals surface area contributed by atoms with Crippen molar-refractivity contribution < 1.29 is 18.7 Å². The summed E-state index contributed by atoms with van der Waals surface area (Å²) in [6.45, 7) is 0.668. The number of ether oxygens (including phenoxy) is 2. The molecule has 1 saturated heterocycles. The molecule has 25 heavy (non-hydrogen) atoms. The number of amides is 2. The first-order valence-corrected chi connectivity index (χ1v) is 8.17. The molecule has 1 N–H and O–H groups in total. The van der Waals surface area contributed by atoms with Crippen LogP contribution in [0.4, 0.5) is 14.9 Å². The van der Waals surface area contributed by atoms with Gasteiger partial charge in [-0.3, -0.25) is 0 Å². The molecule has 2 amide bonds. The van der Waals surface area contributed by atoms with Gasteiger partial charge in [-0.1, -0.05) is 12.1 Å². The van der Waals surface area contributed by atoms with Crippen LogP contribution in [0, 0.1) is 5.82 Å². The van der Waals surface area contributed by atoms with Crippen molar-refractivity contribution in [3.63, 3.8) is 0 Å².